The molecule has 0 bridgehead atoms. The maximum atomic E-state index is 12.9. The number of nitrogens with one attached hydrogen (secondary N) is 1. The molecule has 2 N–H and O–H groups in total. The molecule has 0 radical (unpaired) electrons. The van der Waals surface area contributed by atoms with Crippen molar-refractivity contribution in [1.82, 2.24) is 4.31 Å². The molecule has 134 valence electrons. The van der Waals surface area contributed by atoms with Gasteiger partial charge in [0.15, 0.2) is 0 Å². The number of carbonyl (C=O) groups is 1. The van der Waals surface area contributed by atoms with Gasteiger partial charge in [0.1, 0.15) is 5.82 Å². The first-order valence-electron chi connectivity index (χ1n) is 7.25. The minimum atomic E-state index is -3.94. The van der Waals surface area contributed by atoms with E-state index >= 15 is 0 Å². The van der Waals surface area contributed by atoms with E-state index in [1.54, 1.807) is 12.1 Å². The highest BCUT2D eigenvalue weighted by atomic mass is 79.9. The van der Waals surface area contributed by atoms with Crippen LogP contribution in [0.3, 0.4) is 0 Å². The molecule has 9 heteroatoms. The molecule has 0 saturated heterocycles. The van der Waals surface area contributed by atoms with Gasteiger partial charge in [-0.15, -0.1) is 0 Å². The molecule has 0 spiro atoms. The van der Waals surface area contributed by atoms with Crippen molar-refractivity contribution in [2.24, 2.45) is 0 Å². The molecular formula is C16H16BrFN2O4S. The van der Waals surface area contributed by atoms with Crippen molar-refractivity contribution in [3.8, 4) is 0 Å². The van der Waals surface area contributed by atoms with Crippen molar-refractivity contribution in [3.05, 3.63) is 58.8 Å². The molecule has 1 amide bonds. The summed E-state index contributed by atoms with van der Waals surface area (Å²) in [4.78, 5) is 12.1. The van der Waals surface area contributed by atoms with E-state index in [-0.39, 0.29) is 11.4 Å². The van der Waals surface area contributed by atoms with E-state index in [1.165, 1.54) is 36.4 Å². The summed E-state index contributed by atoms with van der Waals surface area (Å²) in [5.74, 6) is -1.04. The predicted molar refractivity (Wildman–Crippen MR) is 95.0 cm³/mol. The van der Waals surface area contributed by atoms with Gasteiger partial charge in [-0.25, -0.2) is 12.8 Å². The third-order valence-electron chi connectivity index (χ3n) is 3.25. The second kappa shape index (κ2) is 8.52. The molecule has 0 aromatic heterocycles. The Bertz CT molecular complexity index is 826. The zero-order valence-corrected chi connectivity index (χ0v) is 15.4. The maximum absolute atomic E-state index is 12.9. The Balaban J connectivity index is 2.15. The zero-order chi connectivity index (χ0) is 18.4. The van der Waals surface area contributed by atoms with Gasteiger partial charge in [0.25, 0.3) is 0 Å². The Kier molecular flexibility index (Phi) is 6.65. The highest BCUT2D eigenvalue weighted by Gasteiger charge is 2.26. The van der Waals surface area contributed by atoms with E-state index in [0.717, 1.165) is 4.31 Å². The number of nitrogens with zero attached hydrogens (tertiary/aromatic N) is 1. The predicted octanol–water partition coefficient (Wildman–Crippen LogP) is 2.21. The summed E-state index contributed by atoms with van der Waals surface area (Å²) in [6.45, 7) is -1.13. The van der Waals surface area contributed by atoms with Gasteiger partial charge in [-0.05, 0) is 48.5 Å². The second-order valence-electron chi connectivity index (χ2n) is 5.07. The van der Waals surface area contributed by atoms with Crippen molar-refractivity contribution in [2.75, 3.05) is 25.0 Å². The van der Waals surface area contributed by atoms with Crippen molar-refractivity contribution in [3.63, 3.8) is 0 Å². The van der Waals surface area contributed by atoms with Gasteiger partial charge in [0.05, 0.1) is 18.0 Å². The van der Waals surface area contributed by atoms with E-state index in [0.29, 0.717) is 10.2 Å². The van der Waals surface area contributed by atoms with E-state index in [1.807, 2.05) is 0 Å². The van der Waals surface area contributed by atoms with Crippen LogP contribution in [0.1, 0.15) is 0 Å². The molecule has 0 heterocycles. The zero-order valence-electron chi connectivity index (χ0n) is 13.0. The minimum absolute atomic E-state index is 0.0127. The fourth-order valence-electron chi connectivity index (χ4n) is 2.05. The average molecular weight is 431 g/mol. The lowest BCUT2D eigenvalue weighted by Gasteiger charge is -2.21. The number of halogens is 2. The Morgan fingerprint density at radius 2 is 1.72 bits per heavy atom. The number of aliphatic hydroxyl groups is 1. The second-order valence-corrected chi connectivity index (χ2v) is 7.92. The third-order valence-corrected chi connectivity index (χ3v) is 5.64. The summed E-state index contributed by atoms with van der Waals surface area (Å²) in [7, 11) is -3.94. The Morgan fingerprint density at radius 1 is 1.12 bits per heavy atom. The normalized spacial score (nSPS) is 11.5. The van der Waals surface area contributed by atoms with Gasteiger partial charge >= 0.3 is 0 Å². The number of anilines is 1. The van der Waals surface area contributed by atoms with Crippen molar-refractivity contribution >= 4 is 37.5 Å². The smallest absolute Gasteiger partial charge is 0.243 e. The lowest BCUT2D eigenvalue weighted by molar-refractivity contribution is -0.116. The molecule has 0 aliphatic heterocycles. The summed E-state index contributed by atoms with van der Waals surface area (Å²) in [5.41, 5.74) is 0.344. The van der Waals surface area contributed by atoms with Gasteiger partial charge < -0.3 is 10.4 Å². The summed E-state index contributed by atoms with van der Waals surface area (Å²) in [6.07, 6.45) is 0. The van der Waals surface area contributed by atoms with Crippen LogP contribution in [0.5, 0.6) is 0 Å². The van der Waals surface area contributed by atoms with E-state index in [4.69, 9.17) is 5.11 Å². The monoisotopic (exact) mass is 430 g/mol. The van der Waals surface area contributed by atoms with Crippen molar-refractivity contribution in [2.45, 2.75) is 4.90 Å². The van der Waals surface area contributed by atoms with Crippen LogP contribution >= 0.6 is 15.9 Å². The number of rotatable bonds is 7. The molecule has 2 rings (SSSR count). The highest BCUT2D eigenvalue weighted by molar-refractivity contribution is 9.10. The molecule has 0 atom stereocenters. The summed E-state index contributed by atoms with van der Waals surface area (Å²) >= 11 is 3.22. The van der Waals surface area contributed by atoms with Crippen LogP contribution in [0.2, 0.25) is 0 Å². The van der Waals surface area contributed by atoms with Gasteiger partial charge in [0.2, 0.25) is 15.9 Å². The van der Waals surface area contributed by atoms with Gasteiger partial charge in [-0.1, -0.05) is 15.9 Å². The van der Waals surface area contributed by atoms with Crippen LogP contribution in [0, 0.1) is 5.82 Å². The van der Waals surface area contributed by atoms with Crippen LogP contribution in [0.4, 0.5) is 10.1 Å². The number of amides is 1. The topological polar surface area (TPSA) is 86.7 Å². The maximum Gasteiger partial charge on any atom is 0.243 e. The highest BCUT2D eigenvalue weighted by Crippen LogP contribution is 2.19. The molecule has 2 aromatic carbocycles. The molecule has 0 fully saturated rings. The summed E-state index contributed by atoms with van der Waals surface area (Å²) in [5, 5.41) is 11.6. The van der Waals surface area contributed by atoms with Gasteiger partial charge in [-0.2, -0.15) is 4.31 Å². The van der Waals surface area contributed by atoms with E-state index < -0.39 is 34.9 Å². The minimum Gasteiger partial charge on any atom is -0.395 e. The van der Waals surface area contributed by atoms with Crippen LogP contribution in [0.25, 0.3) is 0 Å². The van der Waals surface area contributed by atoms with Crippen LogP contribution in [-0.2, 0) is 14.8 Å². The number of aliphatic hydroxyl groups excluding tert-OH is 1. The fourth-order valence-corrected chi connectivity index (χ4v) is 3.70. The Morgan fingerprint density at radius 3 is 2.28 bits per heavy atom. The molecule has 0 aliphatic rings. The molecule has 0 saturated carbocycles. The third kappa shape index (κ3) is 5.33. The SMILES string of the molecule is O=C(CN(CCO)S(=O)(=O)c1ccc(Br)cc1)Nc1ccc(F)cc1. The first-order chi connectivity index (χ1) is 11.8. The largest absolute Gasteiger partial charge is 0.395 e. The fraction of sp³-hybridized carbons (Fsp3) is 0.188. The first kappa shape index (κ1) is 19.5. The first-order valence-corrected chi connectivity index (χ1v) is 9.48. The van der Waals surface area contributed by atoms with E-state index in [9.17, 15) is 17.6 Å². The molecule has 0 unspecified atom stereocenters. The molecule has 0 aliphatic carbocycles. The number of benzene rings is 2. The van der Waals surface area contributed by atoms with Crippen LogP contribution < -0.4 is 5.32 Å². The Hall–Kier alpha value is -1.81. The molecule has 2 aromatic rings. The summed E-state index contributed by atoms with van der Waals surface area (Å²) in [6, 6.07) is 11.0. The Labute approximate surface area is 153 Å². The average Bonchev–Trinajstić information content (AvgIpc) is 2.57. The molecule has 6 nitrogen and oxygen atoms in total. The van der Waals surface area contributed by atoms with Crippen molar-refractivity contribution in [1.29, 1.82) is 0 Å². The van der Waals surface area contributed by atoms with Gasteiger partial charge in [-0.3, -0.25) is 4.79 Å². The molecule has 25 heavy (non-hydrogen) atoms. The number of sulfonamides is 1. The molecular weight excluding hydrogens is 415 g/mol. The summed E-state index contributed by atoms with van der Waals surface area (Å²) < 4.78 is 39.7. The lowest BCUT2D eigenvalue weighted by atomic mass is 10.3. The number of hydrogen-bond donors (Lipinski definition) is 2. The standard InChI is InChI=1S/C16H16BrFN2O4S/c17-12-1-7-15(8-2-12)25(23,24)20(9-10-21)11-16(22)19-14-5-3-13(18)4-6-14/h1-8,21H,9-11H2,(H,19,22). The van der Waals surface area contributed by atoms with Crippen LogP contribution in [-0.4, -0.2) is 43.4 Å². The van der Waals surface area contributed by atoms with E-state index in [2.05, 4.69) is 21.2 Å². The lowest BCUT2D eigenvalue weighted by Crippen LogP contribution is -2.39. The number of hydrogen-bond acceptors (Lipinski definition) is 4. The van der Waals surface area contributed by atoms with Crippen LogP contribution in [0.15, 0.2) is 57.9 Å². The number of carbonyl (C=O) groups excluding carboxylic acids is 1. The van der Waals surface area contributed by atoms with Crippen molar-refractivity contribution < 1.29 is 22.7 Å². The quantitative estimate of drug-likeness (QED) is 0.704. The van der Waals surface area contributed by atoms with Gasteiger partial charge in [0, 0.05) is 16.7 Å².